The molecule has 0 spiro atoms. The Morgan fingerprint density at radius 1 is 1.10 bits per heavy atom. The van der Waals surface area contributed by atoms with E-state index in [1.807, 2.05) is 43.3 Å². The fourth-order valence-corrected chi connectivity index (χ4v) is 3.09. The van der Waals surface area contributed by atoms with Gasteiger partial charge in [0.05, 0.1) is 13.0 Å². The van der Waals surface area contributed by atoms with Crippen LogP contribution in [0.5, 0.6) is 5.75 Å². The van der Waals surface area contributed by atoms with E-state index in [0.29, 0.717) is 6.54 Å². The fourth-order valence-electron chi connectivity index (χ4n) is 3.09. The molecular weight excluding hydrogens is 372 g/mol. The highest BCUT2D eigenvalue weighted by atomic mass is 16.5. The minimum atomic E-state index is -0.571. The maximum atomic E-state index is 12.3. The minimum absolute atomic E-state index is 0.0835. The molecule has 2 aromatic carbocycles. The molecule has 7 heteroatoms. The van der Waals surface area contributed by atoms with Gasteiger partial charge in [-0.25, -0.2) is 0 Å². The van der Waals surface area contributed by atoms with Crippen molar-refractivity contribution in [2.24, 2.45) is 5.92 Å². The van der Waals surface area contributed by atoms with Crippen molar-refractivity contribution in [3.8, 4) is 5.75 Å². The maximum Gasteiger partial charge on any atom is 0.311 e. The van der Waals surface area contributed by atoms with Gasteiger partial charge in [0.1, 0.15) is 5.75 Å². The Kier molecular flexibility index (Phi) is 6.49. The zero-order chi connectivity index (χ0) is 20.8. The number of methoxy groups -OCH3 is 1. The molecule has 0 unspecified atom stereocenters. The van der Waals surface area contributed by atoms with Gasteiger partial charge in [-0.3, -0.25) is 14.4 Å². The lowest BCUT2D eigenvalue weighted by Gasteiger charge is -2.16. The first kappa shape index (κ1) is 20.4. The van der Waals surface area contributed by atoms with Crippen molar-refractivity contribution < 1.29 is 23.9 Å². The van der Waals surface area contributed by atoms with Crippen LogP contribution < -0.4 is 15.0 Å². The van der Waals surface area contributed by atoms with E-state index in [1.54, 1.807) is 24.1 Å². The molecule has 0 saturated carbocycles. The molecule has 0 aromatic heterocycles. The average molecular weight is 396 g/mol. The van der Waals surface area contributed by atoms with E-state index in [0.717, 1.165) is 22.6 Å². The molecule has 1 saturated heterocycles. The summed E-state index contributed by atoms with van der Waals surface area (Å²) in [6.07, 6.45) is 0.0835. The lowest BCUT2D eigenvalue weighted by Crippen LogP contribution is -2.31. The van der Waals surface area contributed by atoms with Gasteiger partial charge in [0.25, 0.3) is 5.91 Å². The van der Waals surface area contributed by atoms with Gasteiger partial charge in [0.2, 0.25) is 5.91 Å². The molecule has 1 heterocycles. The second kappa shape index (κ2) is 9.23. The van der Waals surface area contributed by atoms with Crippen molar-refractivity contribution >= 4 is 23.5 Å². The quantitative estimate of drug-likeness (QED) is 0.726. The molecule has 0 bridgehead atoms. The number of benzene rings is 2. The van der Waals surface area contributed by atoms with Crippen LogP contribution in [0.3, 0.4) is 0 Å². The Balaban J connectivity index is 1.44. The highest BCUT2D eigenvalue weighted by molar-refractivity contribution is 5.99. The third kappa shape index (κ3) is 5.34. The molecule has 7 nitrogen and oxygen atoms in total. The molecule has 0 radical (unpaired) electrons. The Morgan fingerprint density at radius 3 is 2.45 bits per heavy atom. The topological polar surface area (TPSA) is 84.9 Å². The molecule has 2 amide bonds. The third-order valence-electron chi connectivity index (χ3n) is 4.80. The van der Waals surface area contributed by atoms with E-state index in [4.69, 9.17) is 9.47 Å². The van der Waals surface area contributed by atoms with Gasteiger partial charge in [-0.15, -0.1) is 0 Å². The highest BCUT2D eigenvalue weighted by Gasteiger charge is 2.36. The SMILES string of the molecule is COc1ccc(CNC(=O)COC(=O)[C@@H]2CC(=O)N(c3ccc(C)cc3)C2)cc1. The molecule has 1 aliphatic heterocycles. The van der Waals surface area contributed by atoms with Gasteiger partial charge in [-0.05, 0) is 36.8 Å². The number of hydrogen-bond acceptors (Lipinski definition) is 5. The molecule has 1 aliphatic rings. The summed E-state index contributed by atoms with van der Waals surface area (Å²) in [7, 11) is 1.59. The molecule has 1 N–H and O–H groups in total. The van der Waals surface area contributed by atoms with Gasteiger partial charge in [-0.1, -0.05) is 29.8 Å². The summed E-state index contributed by atoms with van der Waals surface area (Å²) in [4.78, 5) is 38.1. The molecule has 0 aliphatic carbocycles. The number of rotatable bonds is 7. The molecular formula is C22H24N2O5. The summed E-state index contributed by atoms with van der Waals surface area (Å²) < 4.78 is 10.2. The summed E-state index contributed by atoms with van der Waals surface area (Å²) >= 11 is 0. The minimum Gasteiger partial charge on any atom is -0.497 e. The van der Waals surface area contributed by atoms with Crippen molar-refractivity contribution in [2.45, 2.75) is 19.9 Å². The number of carbonyl (C=O) groups is 3. The van der Waals surface area contributed by atoms with Crippen LogP contribution in [0.2, 0.25) is 0 Å². The van der Waals surface area contributed by atoms with Crippen molar-refractivity contribution in [3.05, 3.63) is 59.7 Å². The molecule has 29 heavy (non-hydrogen) atoms. The summed E-state index contributed by atoms with van der Waals surface area (Å²) in [6, 6.07) is 14.8. The van der Waals surface area contributed by atoms with E-state index in [-0.39, 0.29) is 25.5 Å². The fraction of sp³-hybridized carbons (Fsp3) is 0.318. The van der Waals surface area contributed by atoms with Crippen LogP contribution in [-0.4, -0.2) is 38.0 Å². The number of carbonyl (C=O) groups excluding carboxylic acids is 3. The van der Waals surface area contributed by atoms with E-state index in [9.17, 15) is 14.4 Å². The van der Waals surface area contributed by atoms with Crippen LogP contribution in [0.25, 0.3) is 0 Å². The number of nitrogens with zero attached hydrogens (tertiary/aromatic N) is 1. The first-order valence-corrected chi connectivity index (χ1v) is 9.39. The van der Waals surface area contributed by atoms with Crippen molar-refractivity contribution in [3.63, 3.8) is 0 Å². The first-order valence-electron chi connectivity index (χ1n) is 9.39. The van der Waals surface area contributed by atoms with E-state index >= 15 is 0 Å². The number of aryl methyl sites for hydroxylation is 1. The standard InChI is InChI=1S/C22H24N2O5/c1-15-3-7-18(8-4-15)24-13-17(11-21(24)26)22(27)29-14-20(25)23-12-16-5-9-19(28-2)10-6-16/h3-10,17H,11-14H2,1-2H3,(H,23,25)/t17-/m1/s1. The lowest BCUT2D eigenvalue weighted by atomic mass is 10.1. The zero-order valence-corrected chi connectivity index (χ0v) is 16.5. The third-order valence-corrected chi connectivity index (χ3v) is 4.80. The number of nitrogens with one attached hydrogen (secondary N) is 1. The van der Waals surface area contributed by atoms with Gasteiger partial charge >= 0.3 is 5.97 Å². The van der Waals surface area contributed by atoms with Gasteiger partial charge in [-0.2, -0.15) is 0 Å². The van der Waals surface area contributed by atoms with E-state index in [2.05, 4.69) is 5.32 Å². The van der Waals surface area contributed by atoms with E-state index in [1.165, 1.54) is 0 Å². The second-order valence-corrected chi connectivity index (χ2v) is 6.97. The second-order valence-electron chi connectivity index (χ2n) is 6.97. The van der Waals surface area contributed by atoms with Gasteiger partial charge < -0.3 is 19.7 Å². The van der Waals surface area contributed by atoms with E-state index < -0.39 is 17.8 Å². The lowest BCUT2D eigenvalue weighted by molar-refractivity contribution is -0.152. The molecule has 152 valence electrons. The van der Waals surface area contributed by atoms with Crippen molar-refractivity contribution in [2.75, 3.05) is 25.2 Å². The van der Waals surface area contributed by atoms with Gasteiger partial charge in [0, 0.05) is 25.2 Å². The predicted octanol–water partition coefficient (Wildman–Crippen LogP) is 2.22. The summed E-state index contributed by atoms with van der Waals surface area (Å²) in [6.45, 7) is 2.18. The smallest absolute Gasteiger partial charge is 0.311 e. The van der Waals surface area contributed by atoms with Crippen molar-refractivity contribution in [1.82, 2.24) is 5.32 Å². The molecule has 2 aromatic rings. The van der Waals surface area contributed by atoms with Crippen molar-refractivity contribution in [1.29, 1.82) is 0 Å². The normalized spacial score (nSPS) is 15.9. The number of ether oxygens (including phenoxy) is 2. The molecule has 1 fully saturated rings. The average Bonchev–Trinajstić information content (AvgIpc) is 3.13. The largest absolute Gasteiger partial charge is 0.497 e. The maximum absolute atomic E-state index is 12.3. The summed E-state index contributed by atoms with van der Waals surface area (Å²) in [5.74, 6) is -0.890. The summed E-state index contributed by atoms with van der Waals surface area (Å²) in [5.41, 5.74) is 2.76. The van der Waals surface area contributed by atoms with Crippen LogP contribution in [-0.2, 0) is 25.7 Å². The van der Waals surface area contributed by atoms with Crippen LogP contribution in [0.15, 0.2) is 48.5 Å². The Bertz CT molecular complexity index is 877. The Morgan fingerprint density at radius 2 is 1.79 bits per heavy atom. The Labute approximate surface area is 169 Å². The molecule has 1 atom stereocenters. The zero-order valence-electron chi connectivity index (χ0n) is 16.5. The van der Waals surface area contributed by atoms with Crippen LogP contribution in [0.4, 0.5) is 5.69 Å². The van der Waals surface area contributed by atoms with Crippen LogP contribution in [0, 0.1) is 12.8 Å². The monoisotopic (exact) mass is 396 g/mol. The summed E-state index contributed by atoms with van der Waals surface area (Å²) in [5, 5.41) is 2.70. The first-order chi connectivity index (χ1) is 14.0. The predicted molar refractivity (Wildman–Crippen MR) is 107 cm³/mol. The molecule has 3 rings (SSSR count). The Hall–Kier alpha value is -3.35. The van der Waals surface area contributed by atoms with Crippen LogP contribution in [0.1, 0.15) is 17.5 Å². The number of anilines is 1. The van der Waals surface area contributed by atoms with Crippen LogP contribution >= 0.6 is 0 Å². The number of esters is 1. The van der Waals surface area contributed by atoms with Gasteiger partial charge in [0.15, 0.2) is 6.61 Å². The number of hydrogen-bond donors (Lipinski definition) is 1. The number of amides is 2. The highest BCUT2D eigenvalue weighted by Crippen LogP contribution is 2.26.